The van der Waals surface area contributed by atoms with E-state index in [1.807, 2.05) is 6.07 Å². The number of ether oxygens (including phenoxy) is 3. The molecular formula is C21H20F2N2O4S. The number of aryl methyl sites for hydroxylation is 1. The lowest BCUT2D eigenvalue weighted by atomic mass is 10.2. The van der Waals surface area contributed by atoms with Gasteiger partial charge >= 0.3 is 6.61 Å². The van der Waals surface area contributed by atoms with E-state index in [4.69, 9.17) is 9.47 Å². The summed E-state index contributed by atoms with van der Waals surface area (Å²) in [6.45, 7) is -0.973. The summed E-state index contributed by atoms with van der Waals surface area (Å²) in [4.78, 5) is 17.6. The molecule has 0 spiro atoms. The van der Waals surface area contributed by atoms with Crippen molar-refractivity contribution < 1.29 is 27.8 Å². The first-order chi connectivity index (χ1) is 14.4. The van der Waals surface area contributed by atoms with Crippen LogP contribution >= 0.6 is 11.3 Å². The molecule has 0 aliphatic rings. The van der Waals surface area contributed by atoms with Gasteiger partial charge in [-0.1, -0.05) is 12.1 Å². The molecule has 0 atom stereocenters. The van der Waals surface area contributed by atoms with Crippen molar-refractivity contribution in [3.63, 3.8) is 0 Å². The summed E-state index contributed by atoms with van der Waals surface area (Å²) in [5.74, 6) is 0.920. The zero-order valence-corrected chi connectivity index (χ0v) is 17.4. The summed E-state index contributed by atoms with van der Waals surface area (Å²) in [6, 6.07) is 11.6. The van der Waals surface area contributed by atoms with Gasteiger partial charge in [0, 0.05) is 12.1 Å². The molecule has 0 bridgehead atoms. The zero-order valence-electron chi connectivity index (χ0n) is 16.6. The van der Waals surface area contributed by atoms with Crippen LogP contribution < -0.4 is 19.5 Å². The highest BCUT2D eigenvalue weighted by Crippen LogP contribution is 2.35. The highest BCUT2D eigenvalue weighted by Gasteiger charge is 2.17. The van der Waals surface area contributed by atoms with Crippen molar-refractivity contribution in [1.29, 1.82) is 0 Å². The Balaban J connectivity index is 1.73. The maximum absolute atomic E-state index is 12.6. The first-order valence-corrected chi connectivity index (χ1v) is 9.74. The number of nitrogens with zero attached hydrogens (tertiary/aromatic N) is 1. The normalized spacial score (nSPS) is 10.7. The standard InChI is InChI=1S/C21H20F2N2O4S/c1-12-18(19(26)24-11-13-5-4-6-15(9-13)29-21(22)23)30-20(25-12)14-7-8-16(27-2)17(10-14)28-3/h4-10,21H,11H2,1-3H3,(H,24,26). The molecule has 0 unspecified atom stereocenters. The SMILES string of the molecule is COc1ccc(-c2nc(C)c(C(=O)NCc3cccc(OC(F)F)c3)s2)cc1OC. The summed E-state index contributed by atoms with van der Waals surface area (Å²) in [7, 11) is 3.11. The molecule has 2 aromatic carbocycles. The van der Waals surface area contributed by atoms with Gasteiger partial charge in [-0.05, 0) is 42.8 Å². The van der Waals surface area contributed by atoms with Gasteiger partial charge in [-0.25, -0.2) is 4.98 Å². The van der Waals surface area contributed by atoms with Gasteiger partial charge in [0.25, 0.3) is 5.91 Å². The number of aromatic nitrogens is 1. The maximum atomic E-state index is 12.6. The van der Waals surface area contributed by atoms with Gasteiger partial charge in [-0.15, -0.1) is 11.3 Å². The number of halogens is 2. The smallest absolute Gasteiger partial charge is 0.387 e. The average Bonchev–Trinajstić information content (AvgIpc) is 3.13. The molecule has 1 N–H and O–H groups in total. The van der Waals surface area contributed by atoms with Crippen LogP contribution in [0.5, 0.6) is 17.2 Å². The van der Waals surface area contributed by atoms with Gasteiger partial charge in [0.1, 0.15) is 15.6 Å². The number of amides is 1. The molecule has 158 valence electrons. The third-order valence-electron chi connectivity index (χ3n) is 4.21. The molecule has 3 rings (SSSR count). The molecule has 6 nitrogen and oxygen atoms in total. The van der Waals surface area contributed by atoms with Crippen molar-refractivity contribution in [3.05, 3.63) is 58.6 Å². The molecule has 1 aromatic heterocycles. The molecule has 0 fully saturated rings. The van der Waals surface area contributed by atoms with Crippen molar-refractivity contribution in [2.75, 3.05) is 14.2 Å². The number of carbonyl (C=O) groups excluding carboxylic acids is 1. The fourth-order valence-electron chi connectivity index (χ4n) is 2.79. The Bertz CT molecular complexity index is 1040. The topological polar surface area (TPSA) is 69.7 Å². The third-order valence-corrected chi connectivity index (χ3v) is 5.42. The zero-order chi connectivity index (χ0) is 21.7. The Morgan fingerprint density at radius 3 is 2.60 bits per heavy atom. The Labute approximate surface area is 176 Å². The van der Waals surface area contributed by atoms with E-state index in [1.165, 1.54) is 23.5 Å². The predicted molar refractivity (Wildman–Crippen MR) is 110 cm³/mol. The molecule has 0 radical (unpaired) electrons. The fourth-order valence-corrected chi connectivity index (χ4v) is 3.77. The summed E-state index contributed by atoms with van der Waals surface area (Å²) in [5.41, 5.74) is 2.04. The van der Waals surface area contributed by atoms with E-state index in [0.29, 0.717) is 32.6 Å². The van der Waals surface area contributed by atoms with Crippen molar-refractivity contribution in [1.82, 2.24) is 10.3 Å². The van der Waals surface area contributed by atoms with Gasteiger partial charge in [0.2, 0.25) is 0 Å². The number of hydrogen-bond donors (Lipinski definition) is 1. The largest absolute Gasteiger partial charge is 0.493 e. The van der Waals surface area contributed by atoms with Crippen molar-refractivity contribution in [2.45, 2.75) is 20.1 Å². The Morgan fingerprint density at radius 2 is 1.90 bits per heavy atom. The quantitative estimate of drug-likeness (QED) is 0.558. The first kappa shape index (κ1) is 21.5. The van der Waals surface area contributed by atoms with Crippen molar-refractivity contribution in [3.8, 4) is 27.8 Å². The van der Waals surface area contributed by atoms with Crippen LogP contribution in [0.25, 0.3) is 10.6 Å². The van der Waals surface area contributed by atoms with E-state index in [-0.39, 0.29) is 18.2 Å². The van der Waals surface area contributed by atoms with Crippen LogP contribution in [0, 0.1) is 6.92 Å². The lowest BCUT2D eigenvalue weighted by Gasteiger charge is -2.08. The number of rotatable bonds is 8. The van der Waals surface area contributed by atoms with Crippen LogP contribution in [0.3, 0.4) is 0 Å². The summed E-state index contributed by atoms with van der Waals surface area (Å²) in [5, 5.41) is 3.46. The van der Waals surface area contributed by atoms with Gasteiger partial charge in [0.15, 0.2) is 11.5 Å². The van der Waals surface area contributed by atoms with Crippen LogP contribution in [0.4, 0.5) is 8.78 Å². The summed E-state index contributed by atoms with van der Waals surface area (Å²) >= 11 is 1.26. The lowest BCUT2D eigenvalue weighted by Crippen LogP contribution is -2.22. The monoisotopic (exact) mass is 434 g/mol. The molecule has 1 amide bonds. The van der Waals surface area contributed by atoms with Crippen LogP contribution in [0.15, 0.2) is 42.5 Å². The number of benzene rings is 2. The molecular weight excluding hydrogens is 414 g/mol. The highest BCUT2D eigenvalue weighted by molar-refractivity contribution is 7.17. The van der Waals surface area contributed by atoms with E-state index < -0.39 is 6.61 Å². The van der Waals surface area contributed by atoms with E-state index in [2.05, 4.69) is 15.0 Å². The van der Waals surface area contributed by atoms with E-state index in [1.54, 1.807) is 45.4 Å². The number of nitrogens with one attached hydrogen (secondary N) is 1. The minimum atomic E-state index is -2.90. The number of hydrogen-bond acceptors (Lipinski definition) is 6. The van der Waals surface area contributed by atoms with Crippen molar-refractivity contribution in [2.24, 2.45) is 0 Å². The second-order valence-corrected chi connectivity index (χ2v) is 7.21. The van der Waals surface area contributed by atoms with Crippen LogP contribution in [0.2, 0.25) is 0 Å². The fraction of sp³-hybridized carbons (Fsp3) is 0.238. The molecule has 0 aliphatic heterocycles. The average molecular weight is 434 g/mol. The Kier molecular flexibility index (Phi) is 6.83. The molecule has 30 heavy (non-hydrogen) atoms. The van der Waals surface area contributed by atoms with Gasteiger partial charge in [0.05, 0.1) is 19.9 Å². The first-order valence-electron chi connectivity index (χ1n) is 8.93. The number of thiazole rings is 1. The second-order valence-electron chi connectivity index (χ2n) is 6.21. The molecule has 0 aliphatic carbocycles. The van der Waals surface area contributed by atoms with Crippen molar-refractivity contribution >= 4 is 17.2 Å². The molecule has 3 aromatic rings. The predicted octanol–water partition coefficient (Wildman–Crippen LogP) is 4.67. The molecule has 0 saturated carbocycles. The third kappa shape index (κ3) is 5.04. The minimum Gasteiger partial charge on any atom is -0.493 e. The van der Waals surface area contributed by atoms with E-state index in [0.717, 1.165) is 5.56 Å². The molecule has 0 saturated heterocycles. The van der Waals surface area contributed by atoms with Crippen LogP contribution in [-0.4, -0.2) is 31.7 Å². The number of alkyl halides is 2. The maximum Gasteiger partial charge on any atom is 0.387 e. The Morgan fingerprint density at radius 1 is 1.13 bits per heavy atom. The Hall–Kier alpha value is -3.20. The van der Waals surface area contributed by atoms with Crippen LogP contribution in [-0.2, 0) is 6.54 Å². The number of carbonyl (C=O) groups is 1. The highest BCUT2D eigenvalue weighted by atomic mass is 32.1. The van der Waals surface area contributed by atoms with E-state index >= 15 is 0 Å². The summed E-state index contributed by atoms with van der Waals surface area (Å²) < 4.78 is 39.6. The van der Waals surface area contributed by atoms with Gasteiger partial charge < -0.3 is 19.5 Å². The second kappa shape index (κ2) is 9.53. The molecule has 9 heteroatoms. The van der Waals surface area contributed by atoms with Gasteiger partial charge in [-0.3, -0.25) is 4.79 Å². The summed E-state index contributed by atoms with van der Waals surface area (Å²) in [6.07, 6.45) is 0. The minimum absolute atomic E-state index is 0.0430. The van der Waals surface area contributed by atoms with Crippen LogP contribution in [0.1, 0.15) is 20.9 Å². The van der Waals surface area contributed by atoms with Gasteiger partial charge in [-0.2, -0.15) is 8.78 Å². The lowest BCUT2D eigenvalue weighted by molar-refractivity contribution is -0.0498. The van der Waals surface area contributed by atoms with E-state index in [9.17, 15) is 13.6 Å². The number of methoxy groups -OCH3 is 2. The molecule has 1 heterocycles.